The molecule has 1 aromatic rings. The van der Waals surface area contributed by atoms with E-state index in [-0.39, 0.29) is 19.1 Å². The lowest BCUT2D eigenvalue weighted by molar-refractivity contribution is -0.117. The molecule has 0 bridgehead atoms. The predicted octanol–water partition coefficient (Wildman–Crippen LogP) is 1.04. The molecule has 0 fully saturated rings. The average Bonchev–Trinajstić information content (AvgIpc) is 2.33. The van der Waals surface area contributed by atoms with E-state index >= 15 is 0 Å². The zero-order valence-electron chi connectivity index (χ0n) is 9.85. The molecule has 1 amide bonds. The normalized spacial score (nSPS) is 11.6. The van der Waals surface area contributed by atoms with Gasteiger partial charge in [-0.05, 0) is 30.7 Å². The van der Waals surface area contributed by atoms with E-state index in [9.17, 15) is 9.90 Å². The molecule has 0 aliphatic heterocycles. The van der Waals surface area contributed by atoms with Crippen LogP contribution in [0.4, 0.5) is 0 Å². The molecule has 0 saturated heterocycles. The average molecular weight is 235 g/mol. The van der Waals surface area contributed by atoms with Gasteiger partial charge in [0.05, 0.1) is 0 Å². The van der Waals surface area contributed by atoms with E-state index in [1.807, 2.05) is 31.2 Å². The molecule has 17 heavy (non-hydrogen) atoms. The van der Waals surface area contributed by atoms with Gasteiger partial charge in [-0.3, -0.25) is 4.79 Å². The van der Waals surface area contributed by atoms with Crippen LogP contribution in [-0.4, -0.2) is 30.3 Å². The van der Waals surface area contributed by atoms with Crippen molar-refractivity contribution < 1.29 is 14.6 Å². The van der Waals surface area contributed by atoms with Crippen LogP contribution in [0.5, 0.6) is 5.75 Å². The van der Waals surface area contributed by atoms with Crippen LogP contribution < -0.4 is 10.1 Å². The van der Waals surface area contributed by atoms with E-state index in [4.69, 9.17) is 4.74 Å². The van der Waals surface area contributed by atoms with Crippen LogP contribution in [-0.2, 0) is 4.79 Å². The number of ether oxygens (including phenoxy) is 1. The molecule has 4 nitrogen and oxygen atoms in total. The van der Waals surface area contributed by atoms with Crippen molar-refractivity contribution in [3.05, 3.63) is 42.5 Å². The van der Waals surface area contributed by atoms with Crippen LogP contribution in [0.25, 0.3) is 0 Å². The molecule has 0 heterocycles. The number of hydrogen-bond donors (Lipinski definition) is 2. The molecule has 1 rings (SSSR count). The number of carbonyl (C=O) groups is 1. The fraction of sp³-hybridized carbons (Fsp3) is 0.308. The fourth-order valence-electron chi connectivity index (χ4n) is 1.25. The highest BCUT2D eigenvalue weighted by Gasteiger charge is 2.06. The maximum atomic E-state index is 10.9. The van der Waals surface area contributed by atoms with Gasteiger partial charge in [0, 0.05) is 6.54 Å². The van der Waals surface area contributed by atoms with Crippen molar-refractivity contribution in [2.45, 2.75) is 13.0 Å². The summed E-state index contributed by atoms with van der Waals surface area (Å²) in [5.74, 6) is 0.402. The van der Waals surface area contributed by atoms with E-state index in [1.165, 1.54) is 0 Å². The first-order valence-corrected chi connectivity index (χ1v) is 5.39. The third kappa shape index (κ3) is 5.17. The van der Waals surface area contributed by atoms with Crippen LogP contribution in [0.1, 0.15) is 5.56 Å². The summed E-state index contributed by atoms with van der Waals surface area (Å²) in [6.07, 6.45) is 0.424. The Hall–Kier alpha value is -1.81. The van der Waals surface area contributed by atoms with Crippen molar-refractivity contribution in [3.63, 3.8) is 0 Å². The first-order chi connectivity index (χ1) is 8.11. The second-order valence-corrected chi connectivity index (χ2v) is 3.73. The van der Waals surface area contributed by atoms with Gasteiger partial charge in [0.15, 0.2) is 0 Å². The molecule has 1 aromatic carbocycles. The smallest absolute Gasteiger partial charge is 0.243 e. The molecule has 0 aliphatic rings. The Morgan fingerprint density at radius 1 is 1.65 bits per heavy atom. The van der Waals surface area contributed by atoms with E-state index < -0.39 is 6.10 Å². The number of aryl methyl sites for hydroxylation is 1. The van der Waals surface area contributed by atoms with Crippen LogP contribution in [0.3, 0.4) is 0 Å². The molecule has 0 saturated carbocycles. The van der Waals surface area contributed by atoms with E-state index in [0.29, 0.717) is 5.75 Å². The Kier molecular flexibility index (Phi) is 5.23. The molecule has 4 heteroatoms. The molecule has 1 atom stereocenters. The van der Waals surface area contributed by atoms with Crippen molar-refractivity contribution in [1.82, 2.24) is 5.32 Å². The van der Waals surface area contributed by atoms with Crippen molar-refractivity contribution in [3.8, 4) is 5.75 Å². The van der Waals surface area contributed by atoms with Gasteiger partial charge in [-0.25, -0.2) is 0 Å². The number of nitrogens with one attached hydrogen (secondary N) is 1. The monoisotopic (exact) mass is 235 g/mol. The fourth-order valence-corrected chi connectivity index (χ4v) is 1.25. The van der Waals surface area contributed by atoms with E-state index in [1.54, 1.807) is 0 Å². The van der Waals surface area contributed by atoms with Crippen LogP contribution in [0, 0.1) is 6.92 Å². The number of hydrogen-bond acceptors (Lipinski definition) is 3. The van der Waals surface area contributed by atoms with Crippen LogP contribution in [0.2, 0.25) is 0 Å². The summed E-state index contributed by atoms with van der Waals surface area (Å²) in [6, 6.07) is 7.56. The van der Waals surface area contributed by atoms with Gasteiger partial charge in [0.25, 0.3) is 0 Å². The summed E-state index contributed by atoms with van der Waals surface area (Å²) in [4.78, 5) is 10.9. The van der Waals surface area contributed by atoms with Gasteiger partial charge in [0.1, 0.15) is 18.5 Å². The Morgan fingerprint density at radius 2 is 2.41 bits per heavy atom. The molecule has 0 radical (unpaired) electrons. The lowest BCUT2D eigenvalue weighted by Crippen LogP contribution is -2.34. The molecule has 2 N–H and O–H groups in total. The van der Waals surface area contributed by atoms with Crippen molar-refractivity contribution in [1.29, 1.82) is 0 Å². The highest BCUT2D eigenvalue weighted by Crippen LogP contribution is 2.12. The van der Waals surface area contributed by atoms with Gasteiger partial charge in [-0.2, -0.15) is 0 Å². The second-order valence-electron chi connectivity index (χ2n) is 3.73. The first kappa shape index (κ1) is 13.3. The maximum Gasteiger partial charge on any atom is 0.243 e. The number of rotatable bonds is 6. The Bertz CT molecular complexity index is 390. The van der Waals surface area contributed by atoms with Gasteiger partial charge in [-0.1, -0.05) is 18.7 Å². The lowest BCUT2D eigenvalue weighted by atomic mass is 10.2. The molecule has 0 aromatic heterocycles. The molecular weight excluding hydrogens is 218 g/mol. The minimum atomic E-state index is -0.737. The SMILES string of the molecule is C=CC(=O)NCC(O)COc1cccc(C)c1. The first-order valence-electron chi connectivity index (χ1n) is 5.39. The van der Waals surface area contributed by atoms with Crippen molar-refractivity contribution >= 4 is 5.91 Å². The van der Waals surface area contributed by atoms with Crippen molar-refractivity contribution in [2.24, 2.45) is 0 Å². The largest absolute Gasteiger partial charge is 0.491 e. The predicted molar refractivity (Wildman–Crippen MR) is 65.9 cm³/mol. The maximum absolute atomic E-state index is 10.9. The second kappa shape index (κ2) is 6.70. The summed E-state index contributed by atoms with van der Waals surface area (Å²) in [7, 11) is 0. The zero-order valence-corrected chi connectivity index (χ0v) is 9.85. The Morgan fingerprint density at radius 3 is 3.06 bits per heavy atom. The Balaban J connectivity index is 2.30. The number of carbonyl (C=O) groups excluding carboxylic acids is 1. The minimum absolute atomic E-state index is 0.140. The van der Waals surface area contributed by atoms with Crippen LogP contribution in [0.15, 0.2) is 36.9 Å². The quantitative estimate of drug-likeness (QED) is 0.724. The van der Waals surface area contributed by atoms with E-state index in [2.05, 4.69) is 11.9 Å². The molecule has 0 spiro atoms. The summed E-state index contributed by atoms with van der Waals surface area (Å²) < 4.78 is 5.39. The van der Waals surface area contributed by atoms with Gasteiger partial charge < -0.3 is 15.2 Å². The number of aliphatic hydroxyl groups excluding tert-OH is 1. The highest BCUT2D eigenvalue weighted by atomic mass is 16.5. The summed E-state index contributed by atoms with van der Waals surface area (Å²) >= 11 is 0. The zero-order chi connectivity index (χ0) is 12.7. The van der Waals surface area contributed by atoms with Crippen LogP contribution >= 0.6 is 0 Å². The van der Waals surface area contributed by atoms with Gasteiger partial charge >= 0.3 is 0 Å². The van der Waals surface area contributed by atoms with E-state index in [0.717, 1.165) is 11.6 Å². The summed E-state index contributed by atoms with van der Waals surface area (Å²) in [5.41, 5.74) is 1.09. The molecule has 1 unspecified atom stereocenters. The minimum Gasteiger partial charge on any atom is -0.491 e. The Labute approximate surface area is 101 Å². The molecule has 0 aliphatic carbocycles. The number of aliphatic hydroxyl groups is 1. The van der Waals surface area contributed by atoms with Crippen molar-refractivity contribution in [2.75, 3.05) is 13.2 Å². The topological polar surface area (TPSA) is 58.6 Å². The summed E-state index contributed by atoms with van der Waals surface area (Å²) in [6.45, 7) is 5.57. The standard InChI is InChI=1S/C13H17NO3/c1-3-13(16)14-8-11(15)9-17-12-6-4-5-10(2)7-12/h3-7,11,15H,1,8-9H2,2H3,(H,14,16). The molecule has 92 valence electrons. The molecular formula is C13H17NO3. The highest BCUT2D eigenvalue weighted by molar-refractivity contribution is 5.86. The lowest BCUT2D eigenvalue weighted by Gasteiger charge is -2.12. The number of amides is 1. The third-order valence-corrected chi connectivity index (χ3v) is 2.13. The number of benzene rings is 1. The van der Waals surface area contributed by atoms with Gasteiger partial charge in [0.2, 0.25) is 5.91 Å². The third-order valence-electron chi connectivity index (χ3n) is 2.13. The summed E-state index contributed by atoms with van der Waals surface area (Å²) in [5, 5.41) is 12.0. The van der Waals surface area contributed by atoms with Gasteiger partial charge in [-0.15, -0.1) is 0 Å².